The molecule has 0 aliphatic heterocycles. The number of aromatic nitrogens is 4. The Morgan fingerprint density at radius 3 is 2.49 bits per heavy atom. The summed E-state index contributed by atoms with van der Waals surface area (Å²) < 4.78 is 12.6. The Morgan fingerprint density at radius 2 is 1.71 bits per heavy atom. The molecule has 3 aromatic carbocycles. The van der Waals surface area contributed by atoms with Gasteiger partial charge in [-0.15, -0.1) is 0 Å². The van der Waals surface area contributed by atoms with Gasteiger partial charge in [-0.05, 0) is 49.4 Å². The minimum absolute atomic E-state index is 0.0864. The molecule has 5 aromatic rings. The van der Waals surface area contributed by atoms with Crippen LogP contribution >= 0.6 is 11.6 Å². The van der Waals surface area contributed by atoms with Gasteiger partial charge in [0.05, 0.1) is 29.9 Å². The van der Waals surface area contributed by atoms with Gasteiger partial charge in [-0.3, -0.25) is 9.59 Å². The zero-order chi connectivity index (χ0) is 24.5. The van der Waals surface area contributed by atoms with Crippen LogP contribution in [0.3, 0.4) is 0 Å². The van der Waals surface area contributed by atoms with Gasteiger partial charge >= 0.3 is 0 Å². The summed E-state index contributed by atoms with van der Waals surface area (Å²) in [5.74, 6) is 1.15. The van der Waals surface area contributed by atoms with Crippen LogP contribution in [0.2, 0.25) is 5.02 Å². The van der Waals surface area contributed by atoms with Gasteiger partial charge in [0.1, 0.15) is 5.82 Å². The number of aryl methyl sites for hydroxylation is 1. The average molecular weight is 487 g/mol. The molecule has 5 rings (SSSR count). The molecule has 2 aromatic heterocycles. The van der Waals surface area contributed by atoms with E-state index in [1.807, 2.05) is 25.1 Å². The van der Waals surface area contributed by atoms with Gasteiger partial charge in [0, 0.05) is 5.56 Å². The predicted octanol–water partition coefficient (Wildman–Crippen LogP) is 4.90. The fourth-order valence-electron chi connectivity index (χ4n) is 3.60. The third-order valence-electron chi connectivity index (χ3n) is 5.44. The van der Waals surface area contributed by atoms with Crippen molar-refractivity contribution in [2.75, 3.05) is 7.11 Å². The van der Waals surface area contributed by atoms with Gasteiger partial charge in [-0.25, -0.2) is 4.98 Å². The molecule has 2 heterocycles. The van der Waals surface area contributed by atoms with Crippen LogP contribution in [0, 0.1) is 6.92 Å². The molecule has 0 unspecified atom stereocenters. The Bertz CT molecular complexity index is 1680. The number of halogens is 1. The second kappa shape index (κ2) is 9.08. The van der Waals surface area contributed by atoms with Crippen LogP contribution in [0.4, 0.5) is 0 Å². The van der Waals surface area contributed by atoms with E-state index in [-0.39, 0.29) is 16.3 Å². The lowest BCUT2D eigenvalue weighted by Gasteiger charge is -2.13. The summed E-state index contributed by atoms with van der Waals surface area (Å²) >= 11 is 6.34. The zero-order valence-corrected chi connectivity index (χ0v) is 19.5. The van der Waals surface area contributed by atoms with Crippen molar-refractivity contribution in [3.8, 4) is 34.3 Å². The summed E-state index contributed by atoms with van der Waals surface area (Å²) in [6.45, 7) is 1.95. The Kier molecular flexibility index (Phi) is 5.80. The number of benzene rings is 3. The number of methoxy groups -OCH3 is 1. The molecule has 9 heteroatoms. The molecule has 0 fully saturated rings. The number of H-pyrrole nitrogens is 1. The van der Waals surface area contributed by atoms with E-state index in [9.17, 15) is 9.59 Å². The second-order valence-corrected chi connectivity index (χ2v) is 8.15. The van der Waals surface area contributed by atoms with E-state index in [0.29, 0.717) is 39.5 Å². The Labute approximate surface area is 204 Å². The van der Waals surface area contributed by atoms with Crippen molar-refractivity contribution in [2.45, 2.75) is 6.92 Å². The lowest BCUT2D eigenvalue weighted by molar-refractivity contribution is 0.378. The SMILES string of the molecule is COc1cc(-c2nc3ccccc3c(=O)[nH]2)ccc1Oc1cnn(-c2ccc(C)cc2)c(=O)c1Cl. The summed E-state index contributed by atoms with van der Waals surface area (Å²) in [7, 11) is 1.48. The highest BCUT2D eigenvalue weighted by atomic mass is 35.5. The van der Waals surface area contributed by atoms with Crippen LogP contribution < -0.4 is 20.6 Å². The monoisotopic (exact) mass is 486 g/mol. The van der Waals surface area contributed by atoms with Crippen LogP contribution in [0.15, 0.2) is 82.5 Å². The number of fused-ring (bicyclic) bond motifs is 1. The summed E-state index contributed by atoms with van der Waals surface area (Å²) in [6.07, 6.45) is 1.37. The normalized spacial score (nSPS) is 10.9. The van der Waals surface area contributed by atoms with E-state index in [0.717, 1.165) is 5.56 Å². The number of aromatic amines is 1. The lowest BCUT2D eigenvalue weighted by Crippen LogP contribution is -2.21. The molecule has 0 saturated heterocycles. The average Bonchev–Trinajstić information content (AvgIpc) is 2.88. The predicted molar refractivity (Wildman–Crippen MR) is 134 cm³/mol. The van der Waals surface area contributed by atoms with E-state index < -0.39 is 5.56 Å². The third kappa shape index (κ3) is 4.27. The second-order valence-electron chi connectivity index (χ2n) is 7.77. The van der Waals surface area contributed by atoms with Gasteiger partial charge in [0.15, 0.2) is 22.3 Å². The van der Waals surface area contributed by atoms with Crippen LogP contribution in [0.5, 0.6) is 17.2 Å². The van der Waals surface area contributed by atoms with Crippen LogP contribution in [-0.2, 0) is 0 Å². The van der Waals surface area contributed by atoms with Gasteiger partial charge < -0.3 is 14.5 Å². The smallest absolute Gasteiger partial charge is 0.294 e. The molecule has 0 spiro atoms. The number of hydrogen-bond donors (Lipinski definition) is 1. The quantitative estimate of drug-likeness (QED) is 0.379. The first kappa shape index (κ1) is 22.4. The number of para-hydroxylation sites is 1. The highest BCUT2D eigenvalue weighted by molar-refractivity contribution is 6.31. The standard InChI is InChI=1S/C26H19ClN4O4/c1-15-7-10-17(11-8-15)31-26(33)23(27)22(14-28-31)35-20-12-9-16(13-21(20)34-2)24-29-19-6-4-3-5-18(19)25(32)30-24/h3-14H,1-2H3,(H,29,30,32). The third-order valence-corrected chi connectivity index (χ3v) is 5.78. The first-order valence-corrected chi connectivity index (χ1v) is 11.0. The van der Waals surface area contributed by atoms with Crippen molar-refractivity contribution >= 4 is 22.5 Å². The summed E-state index contributed by atoms with van der Waals surface area (Å²) in [6, 6.07) is 19.5. The molecular weight excluding hydrogens is 468 g/mol. The topological polar surface area (TPSA) is 99.1 Å². The zero-order valence-electron chi connectivity index (χ0n) is 18.8. The van der Waals surface area contributed by atoms with Gasteiger partial charge in [0.2, 0.25) is 0 Å². The molecule has 35 heavy (non-hydrogen) atoms. The van der Waals surface area contributed by atoms with Crippen LogP contribution in [-0.4, -0.2) is 26.9 Å². The molecule has 0 atom stereocenters. The van der Waals surface area contributed by atoms with E-state index in [4.69, 9.17) is 21.1 Å². The highest BCUT2D eigenvalue weighted by Gasteiger charge is 2.16. The van der Waals surface area contributed by atoms with Crippen molar-refractivity contribution in [1.82, 2.24) is 19.7 Å². The maximum Gasteiger partial charge on any atom is 0.294 e. The maximum atomic E-state index is 12.8. The van der Waals surface area contributed by atoms with E-state index in [1.165, 1.54) is 18.0 Å². The molecule has 0 aliphatic carbocycles. The minimum Gasteiger partial charge on any atom is -0.493 e. The van der Waals surface area contributed by atoms with Crippen molar-refractivity contribution in [2.24, 2.45) is 0 Å². The number of ether oxygens (including phenoxy) is 2. The first-order chi connectivity index (χ1) is 16.9. The molecule has 0 amide bonds. The molecular formula is C26H19ClN4O4. The summed E-state index contributed by atoms with van der Waals surface area (Å²) in [5, 5.41) is 4.59. The van der Waals surface area contributed by atoms with Gasteiger partial charge in [0.25, 0.3) is 11.1 Å². The Balaban J connectivity index is 1.49. The Morgan fingerprint density at radius 1 is 0.943 bits per heavy atom. The number of rotatable bonds is 5. The van der Waals surface area contributed by atoms with Crippen LogP contribution in [0.25, 0.3) is 28.0 Å². The molecule has 0 aliphatic rings. The van der Waals surface area contributed by atoms with Gasteiger partial charge in [-0.2, -0.15) is 9.78 Å². The molecule has 8 nitrogen and oxygen atoms in total. The van der Waals surface area contributed by atoms with Crippen molar-refractivity contribution in [3.63, 3.8) is 0 Å². The number of nitrogens with zero attached hydrogens (tertiary/aromatic N) is 3. The number of hydrogen-bond acceptors (Lipinski definition) is 6. The minimum atomic E-state index is -0.512. The fourth-order valence-corrected chi connectivity index (χ4v) is 3.77. The van der Waals surface area contributed by atoms with Crippen molar-refractivity contribution < 1.29 is 9.47 Å². The van der Waals surface area contributed by atoms with E-state index >= 15 is 0 Å². The van der Waals surface area contributed by atoms with Crippen molar-refractivity contribution in [1.29, 1.82) is 0 Å². The Hall–Kier alpha value is -4.43. The molecule has 174 valence electrons. The molecule has 0 radical (unpaired) electrons. The summed E-state index contributed by atoms with van der Waals surface area (Å²) in [5.41, 5.74) is 2.10. The molecule has 0 bridgehead atoms. The number of nitrogens with one attached hydrogen (secondary N) is 1. The highest BCUT2D eigenvalue weighted by Crippen LogP contribution is 2.36. The van der Waals surface area contributed by atoms with E-state index in [2.05, 4.69) is 15.1 Å². The summed E-state index contributed by atoms with van der Waals surface area (Å²) in [4.78, 5) is 32.6. The van der Waals surface area contributed by atoms with Crippen LogP contribution in [0.1, 0.15) is 5.56 Å². The maximum absolute atomic E-state index is 12.8. The van der Waals surface area contributed by atoms with Gasteiger partial charge in [-0.1, -0.05) is 41.4 Å². The molecule has 0 saturated carbocycles. The van der Waals surface area contributed by atoms with E-state index in [1.54, 1.807) is 48.5 Å². The lowest BCUT2D eigenvalue weighted by atomic mass is 10.1. The fraction of sp³-hybridized carbons (Fsp3) is 0.0769. The first-order valence-electron chi connectivity index (χ1n) is 10.6. The molecule has 1 N–H and O–H groups in total. The van der Waals surface area contributed by atoms with Crippen molar-refractivity contribution in [3.05, 3.63) is 104 Å². The largest absolute Gasteiger partial charge is 0.493 e.